The van der Waals surface area contributed by atoms with Crippen molar-refractivity contribution in [2.75, 3.05) is 27.9 Å². The van der Waals surface area contributed by atoms with Gasteiger partial charge in [-0.15, -0.1) is 0 Å². The molecule has 1 amide bonds. The van der Waals surface area contributed by atoms with Gasteiger partial charge in [-0.2, -0.15) is 5.26 Å². The number of rotatable bonds is 8. The Labute approximate surface area is 169 Å². The molecule has 6 nitrogen and oxygen atoms in total. The SMILES string of the molecule is COc1ccc(C=C(C#N)C(=O)NCCc2ccccc2Cl)c(OC)c1OC. The van der Waals surface area contributed by atoms with Crippen LogP contribution in [0.25, 0.3) is 6.08 Å². The van der Waals surface area contributed by atoms with Crippen molar-refractivity contribution in [2.45, 2.75) is 6.42 Å². The van der Waals surface area contributed by atoms with Crippen LogP contribution in [0.15, 0.2) is 42.0 Å². The third kappa shape index (κ3) is 4.96. The van der Waals surface area contributed by atoms with Gasteiger partial charge < -0.3 is 19.5 Å². The molecule has 146 valence electrons. The highest BCUT2D eigenvalue weighted by molar-refractivity contribution is 6.31. The number of nitriles is 1. The molecule has 0 aliphatic rings. The highest BCUT2D eigenvalue weighted by atomic mass is 35.5. The molecule has 0 aliphatic carbocycles. The van der Waals surface area contributed by atoms with Crippen LogP contribution in [0.4, 0.5) is 0 Å². The minimum Gasteiger partial charge on any atom is -0.493 e. The number of carbonyl (C=O) groups is 1. The third-order valence-electron chi connectivity index (χ3n) is 4.04. The minimum atomic E-state index is -0.480. The summed E-state index contributed by atoms with van der Waals surface area (Å²) in [5.41, 5.74) is 1.40. The first-order valence-corrected chi connectivity index (χ1v) is 8.85. The normalized spacial score (nSPS) is 10.8. The van der Waals surface area contributed by atoms with Gasteiger partial charge in [-0.1, -0.05) is 29.8 Å². The Morgan fingerprint density at radius 3 is 2.43 bits per heavy atom. The summed E-state index contributed by atoms with van der Waals surface area (Å²) in [5, 5.41) is 12.8. The second kappa shape index (κ2) is 10.2. The molecule has 0 heterocycles. The van der Waals surface area contributed by atoms with Gasteiger partial charge in [-0.3, -0.25) is 4.79 Å². The molecule has 0 fully saturated rings. The van der Waals surface area contributed by atoms with Crippen molar-refractivity contribution in [3.8, 4) is 23.3 Å². The van der Waals surface area contributed by atoms with E-state index in [0.29, 0.717) is 40.8 Å². The molecule has 0 saturated carbocycles. The first-order chi connectivity index (χ1) is 13.5. The van der Waals surface area contributed by atoms with Gasteiger partial charge >= 0.3 is 0 Å². The maximum Gasteiger partial charge on any atom is 0.261 e. The number of methoxy groups -OCH3 is 3. The Bertz CT molecular complexity index is 919. The van der Waals surface area contributed by atoms with E-state index in [1.807, 2.05) is 24.3 Å². The van der Waals surface area contributed by atoms with E-state index in [-0.39, 0.29) is 5.57 Å². The average molecular weight is 401 g/mol. The zero-order chi connectivity index (χ0) is 20.5. The van der Waals surface area contributed by atoms with Gasteiger partial charge in [-0.25, -0.2) is 0 Å². The van der Waals surface area contributed by atoms with Gasteiger partial charge in [0.1, 0.15) is 11.6 Å². The lowest BCUT2D eigenvalue weighted by atomic mass is 10.1. The minimum absolute atomic E-state index is 0.0512. The third-order valence-corrected chi connectivity index (χ3v) is 4.41. The second-order valence-corrected chi connectivity index (χ2v) is 6.10. The number of benzene rings is 2. The highest BCUT2D eigenvalue weighted by Crippen LogP contribution is 2.40. The van der Waals surface area contributed by atoms with Crippen LogP contribution in [-0.4, -0.2) is 33.8 Å². The number of hydrogen-bond acceptors (Lipinski definition) is 5. The Kier molecular flexibility index (Phi) is 7.73. The lowest BCUT2D eigenvalue weighted by Crippen LogP contribution is -2.26. The summed E-state index contributed by atoms with van der Waals surface area (Å²) in [6.45, 7) is 0.352. The van der Waals surface area contributed by atoms with Crippen LogP contribution in [0.5, 0.6) is 17.2 Å². The van der Waals surface area contributed by atoms with Crippen LogP contribution in [0.1, 0.15) is 11.1 Å². The van der Waals surface area contributed by atoms with E-state index >= 15 is 0 Å². The van der Waals surface area contributed by atoms with Crippen LogP contribution in [0, 0.1) is 11.3 Å². The summed E-state index contributed by atoms with van der Waals surface area (Å²) in [7, 11) is 4.48. The van der Waals surface area contributed by atoms with E-state index in [9.17, 15) is 10.1 Å². The second-order valence-electron chi connectivity index (χ2n) is 5.69. The molecule has 28 heavy (non-hydrogen) atoms. The van der Waals surface area contributed by atoms with Crippen LogP contribution >= 0.6 is 11.6 Å². The van der Waals surface area contributed by atoms with Gasteiger partial charge in [0.2, 0.25) is 5.75 Å². The van der Waals surface area contributed by atoms with E-state index in [1.54, 1.807) is 18.2 Å². The van der Waals surface area contributed by atoms with Crippen LogP contribution in [-0.2, 0) is 11.2 Å². The van der Waals surface area contributed by atoms with E-state index in [0.717, 1.165) is 5.56 Å². The number of ether oxygens (including phenoxy) is 3. The summed E-state index contributed by atoms with van der Waals surface area (Å²) in [4.78, 5) is 12.4. The Morgan fingerprint density at radius 2 is 1.82 bits per heavy atom. The quantitative estimate of drug-likeness (QED) is 0.540. The van der Waals surface area contributed by atoms with Crippen molar-refractivity contribution in [2.24, 2.45) is 0 Å². The van der Waals surface area contributed by atoms with Gasteiger partial charge in [0.25, 0.3) is 5.91 Å². The summed E-state index contributed by atoms with van der Waals surface area (Å²) < 4.78 is 15.9. The van der Waals surface area contributed by atoms with Gasteiger partial charge in [0.05, 0.1) is 21.3 Å². The van der Waals surface area contributed by atoms with E-state index in [4.69, 9.17) is 25.8 Å². The van der Waals surface area contributed by atoms with E-state index < -0.39 is 5.91 Å². The topological polar surface area (TPSA) is 80.6 Å². The number of nitrogens with zero attached hydrogens (tertiary/aromatic N) is 1. The monoisotopic (exact) mass is 400 g/mol. The number of hydrogen-bond donors (Lipinski definition) is 1. The summed E-state index contributed by atoms with van der Waals surface area (Å²) >= 11 is 6.11. The van der Waals surface area contributed by atoms with E-state index in [1.165, 1.54) is 27.4 Å². The molecule has 0 saturated heterocycles. The van der Waals surface area contributed by atoms with Crippen molar-refractivity contribution in [1.82, 2.24) is 5.32 Å². The molecule has 2 aromatic carbocycles. The molecule has 0 atom stereocenters. The lowest BCUT2D eigenvalue weighted by molar-refractivity contribution is -0.117. The van der Waals surface area contributed by atoms with E-state index in [2.05, 4.69) is 5.32 Å². The van der Waals surface area contributed by atoms with Crippen LogP contribution < -0.4 is 19.5 Å². The predicted molar refractivity (Wildman–Crippen MR) is 108 cm³/mol. The summed E-state index contributed by atoms with van der Waals surface area (Å²) in [6.07, 6.45) is 2.01. The smallest absolute Gasteiger partial charge is 0.261 e. The maximum atomic E-state index is 12.4. The zero-order valence-corrected chi connectivity index (χ0v) is 16.7. The van der Waals surface area contributed by atoms with Gasteiger partial charge in [0, 0.05) is 17.1 Å². The predicted octanol–water partition coefficient (Wildman–Crippen LogP) is 3.63. The summed E-state index contributed by atoms with van der Waals surface area (Å²) in [6, 6.07) is 12.7. The van der Waals surface area contributed by atoms with Crippen LogP contribution in [0.2, 0.25) is 5.02 Å². The molecule has 0 spiro atoms. The highest BCUT2D eigenvalue weighted by Gasteiger charge is 2.17. The van der Waals surface area contributed by atoms with Crippen molar-refractivity contribution in [1.29, 1.82) is 5.26 Å². The molecule has 2 rings (SSSR count). The molecule has 1 N–H and O–H groups in total. The Balaban J connectivity index is 2.18. The fourth-order valence-corrected chi connectivity index (χ4v) is 2.88. The number of carbonyl (C=O) groups excluding carboxylic acids is 1. The van der Waals surface area contributed by atoms with Crippen LogP contribution in [0.3, 0.4) is 0 Å². The largest absolute Gasteiger partial charge is 0.493 e. The zero-order valence-electron chi connectivity index (χ0n) is 15.9. The van der Waals surface area contributed by atoms with Crippen molar-refractivity contribution in [3.05, 3.63) is 58.1 Å². The molecule has 0 bridgehead atoms. The lowest BCUT2D eigenvalue weighted by Gasteiger charge is -2.14. The summed E-state index contributed by atoms with van der Waals surface area (Å²) in [5.74, 6) is 0.763. The molecule has 0 aliphatic heterocycles. The average Bonchev–Trinajstić information content (AvgIpc) is 2.72. The van der Waals surface area contributed by atoms with Gasteiger partial charge in [-0.05, 0) is 36.3 Å². The molecule has 0 aromatic heterocycles. The number of halogens is 1. The van der Waals surface area contributed by atoms with Crippen molar-refractivity contribution >= 4 is 23.6 Å². The number of amides is 1. The first kappa shape index (κ1) is 21.1. The number of nitrogens with one attached hydrogen (secondary N) is 1. The molecule has 7 heteroatoms. The molecule has 2 aromatic rings. The molecule has 0 radical (unpaired) electrons. The van der Waals surface area contributed by atoms with Gasteiger partial charge in [0.15, 0.2) is 11.5 Å². The fourth-order valence-electron chi connectivity index (χ4n) is 2.65. The fraction of sp³-hybridized carbons (Fsp3) is 0.238. The van der Waals surface area contributed by atoms with Crippen molar-refractivity contribution < 1.29 is 19.0 Å². The molecular formula is C21H21ClN2O4. The Hall–Kier alpha value is -3.17. The first-order valence-electron chi connectivity index (χ1n) is 8.48. The molecule has 0 unspecified atom stereocenters. The van der Waals surface area contributed by atoms with Crippen molar-refractivity contribution in [3.63, 3.8) is 0 Å². The maximum absolute atomic E-state index is 12.4. The molecular weight excluding hydrogens is 380 g/mol. The Morgan fingerprint density at radius 1 is 1.11 bits per heavy atom. The standard InChI is InChI=1S/C21H21ClN2O4/c1-26-18-9-8-15(19(27-2)20(18)28-3)12-16(13-23)21(25)24-11-10-14-6-4-5-7-17(14)22/h4-9,12H,10-11H2,1-3H3,(H,24,25).